The fraction of sp³-hybridized carbons (Fsp3) is 0.341. The Morgan fingerprint density at radius 3 is 1.59 bits per heavy atom. The predicted molar refractivity (Wildman–Crippen MR) is 191 cm³/mol. The van der Waals surface area contributed by atoms with Crippen molar-refractivity contribution in [3.8, 4) is 6.07 Å². The molecule has 4 unspecified atom stereocenters. The molecule has 0 radical (unpaired) electrons. The highest BCUT2D eigenvalue weighted by Crippen LogP contribution is 2.44. The molecule has 9 rings (SSSR count). The van der Waals surface area contributed by atoms with E-state index in [1.807, 2.05) is 6.07 Å². The number of piperidine rings is 2. The first kappa shape index (κ1) is 27.6. The van der Waals surface area contributed by atoms with E-state index >= 15 is 0 Å². The van der Waals surface area contributed by atoms with Gasteiger partial charge in [0.1, 0.15) is 22.8 Å². The van der Waals surface area contributed by atoms with Crippen LogP contribution in [0.4, 0.5) is 11.4 Å². The second-order valence-electron chi connectivity index (χ2n) is 14.8. The molecule has 7 aromatic rings. The maximum atomic E-state index is 10.2. The number of benzene rings is 5. The summed E-state index contributed by atoms with van der Waals surface area (Å²) in [6.07, 6.45) is 2.58. The van der Waals surface area contributed by atoms with Crippen molar-refractivity contribution >= 4 is 76.8 Å². The van der Waals surface area contributed by atoms with Gasteiger partial charge in [-0.25, -0.2) is 0 Å². The van der Waals surface area contributed by atoms with Gasteiger partial charge in [0.2, 0.25) is 0 Å². The summed E-state index contributed by atoms with van der Waals surface area (Å²) >= 11 is 0. The Bertz CT molecular complexity index is 2370. The van der Waals surface area contributed by atoms with Crippen LogP contribution in [-0.2, 0) is 0 Å². The molecule has 5 aromatic carbocycles. The average molecular weight is 606 g/mol. The zero-order valence-corrected chi connectivity index (χ0v) is 27.1. The molecular weight excluding hydrogens is 566 g/mol. The molecule has 0 N–H and O–H groups in total. The third-order valence-corrected chi connectivity index (χ3v) is 10.6. The molecule has 2 fully saturated rings. The number of hydrogen-bond acceptors (Lipinski definition) is 5. The van der Waals surface area contributed by atoms with Gasteiger partial charge in [0.05, 0.1) is 5.56 Å². The zero-order valence-electron chi connectivity index (χ0n) is 27.1. The fourth-order valence-electron chi connectivity index (χ4n) is 8.89. The summed E-state index contributed by atoms with van der Waals surface area (Å²) in [6, 6.07) is 26.7. The lowest BCUT2D eigenvalue weighted by atomic mass is 9.91. The summed E-state index contributed by atoms with van der Waals surface area (Å²) in [4.78, 5) is 5.05. The molecule has 2 aliphatic rings. The van der Waals surface area contributed by atoms with Gasteiger partial charge in [0.15, 0.2) is 5.58 Å². The predicted octanol–water partition coefficient (Wildman–Crippen LogP) is 10.6. The van der Waals surface area contributed by atoms with Crippen molar-refractivity contribution in [3.63, 3.8) is 0 Å². The first-order valence-electron chi connectivity index (χ1n) is 16.9. The Hall–Kier alpha value is -4.69. The molecule has 0 spiro atoms. The van der Waals surface area contributed by atoms with Crippen LogP contribution in [0.15, 0.2) is 75.6 Å². The lowest BCUT2D eigenvalue weighted by Crippen LogP contribution is -2.38. The van der Waals surface area contributed by atoms with Crippen LogP contribution in [0.2, 0.25) is 0 Å². The number of fused-ring (bicyclic) bond motifs is 9. The molecule has 0 aliphatic carbocycles. The van der Waals surface area contributed by atoms with Crippen LogP contribution in [0.5, 0.6) is 0 Å². The van der Waals surface area contributed by atoms with Gasteiger partial charge >= 0.3 is 0 Å². The van der Waals surface area contributed by atoms with Crippen molar-refractivity contribution in [2.45, 2.75) is 40.5 Å². The zero-order chi connectivity index (χ0) is 31.3. The van der Waals surface area contributed by atoms with Crippen molar-refractivity contribution in [2.75, 3.05) is 36.0 Å². The maximum Gasteiger partial charge on any atom is 0.154 e. The van der Waals surface area contributed by atoms with E-state index in [4.69, 9.17) is 8.83 Å². The van der Waals surface area contributed by atoms with Gasteiger partial charge in [0.25, 0.3) is 0 Å². The van der Waals surface area contributed by atoms with Crippen LogP contribution >= 0.6 is 0 Å². The standard InChI is InChI=1S/C41H39N3O2/c1-23-9-24(2)20-43(19-23)32-7-5-27-13-34-36(15-29(27)11-32)45-38-17-31(18-42)41-40(39(34)38)35-14-28-6-8-33(12-30(28)16-37(35)46-41)44-21-25(3)10-26(4)22-44/h5-8,11-17,23-26H,9-10,19-22H2,1-4H3. The Morgan fingerprint density at radius 1 is 0.565 bits per heavy atom. The summed E-state index contributed by atoms with van der Waals surface area (Å²) in [5, 5.41) is 18.9. The highest BCUT2D eigenvalue weighted by Gasteiger charge is 2.25. The van der Waals surface area contributed by atoms with Crippen molar-refractivity contribution in [3.05, 3.63) is 72.3 Å². The minimum absolute atomic E-state index is 0.499. The fourth-order valence-corrected chi connectivity index (χ4v) is 8.89. The van der Waals surface area contributed by atoms with Crippen LogP contribution < -0.4 is 9.80 Å². The average Bonchev–Trinajstić information content (AvgIpc) is 3.57. The quantitative estimate of drug-likeness (QED) is 0.196. The van der Waals surface area contributed by atoms with E-state index in [9.17, 15) is 5.26 Å². The Labute approximate surface area is 268 Å². The smallest absolute Gasteiger partial charge is 0.154 e. The van der Waals surface area contributed by atoms with Gasteiger partial charge in [-0.2, -0.15) is 5.26 Å². The monoisotopic (exact) mass is 605 g/mol. The van der Waals surface area contributed by atoms with E-state index in [1.54, 1.807) is 0 Å². The van der Waals surface area contributed by atoms with Gasteiger partial charge in [-0.1, -0.05) is 39.8 Å². The SMILES string of the molecule is CC1CC(C)CN(c2ccc3cc4c(cc3c2)oc2cc(C#N)c3oc5cc6cc(N7CC(C)CC(C)C7)ccc6cc5c3c24)C1. The Kier molecular flexibility index (Phi) is 6.10. The third-order valence-electron chi connectivity index (χ3n) is 10.6. The molecule has 5 nitrogen and oxygen atoms in total. The Morgan fingerprint density at radius 2 is 1.07 bits per heavy atom. The van der Waals surface area contributed by atoms with E-state index in [0.717, 1.165) is 69.9 Å². The minimum Gasteiger partial charge on any atom is -0.456 e. The highest BCUT2D eigenvalue weighted by molar-refractivity contribution is 6.28. The van der Waals surface area contributed by atoms with Gasteiger partial charge in [-0.3, -0.25) is 0 Å². The van der Waals surface area contributed by atoms with E-state index in [0.29, 0.717) is 34.8 Å². The number of anilines is 2. The largest absolute Gasteiger partial charge is 0.456 e. The van der Waals surface area contributed by atoms with Crippen LogP contribution in [0.25, 0.3) is 65.4 Å². The second kappa shape index (κ2) is 10.2. The van der Waals surface area contributed by atoms with Crippen LogP contribution in [0.1, 0.15) is 46.1 Å². The summed E-state index contributed by atoms with van der Waals surface area (Å²) in [5.41, 5.74) is 6.02. The highest BCUT2D eigenvalue weighted by atomic mass is 16.3. The van der Waals surface area contributed by atoms with Crippen molar-refractivity contribution in [1.82, 2.24) is 0 Å². The van der Waals surface area contributed by atoms with Crippen LogP contribution in [-0.4, -0.2) is 26.2 Å². The van der Waals surface area contributed by atoms with E-state index < -0.39 is 0 Å². The number of nitrogens with zero attached hydrogens (tertiary/aromatic N) is 3. The van der Waals surface area contributed by atoms with Crippen molar-refractivity contribution in [2.24, 2.45) is 23.7 Å². The molecule has 5 heteroatoms. The lowest BCUT2D eigenvalue weighted by Gasteiger charge is -2.36. The van der Waals surface area contributed by atoms with Gasteiger partial charge < -0.3 is 18.6 Å². The minimum atomic E-state index is 0.499. The maximum absolute atomic E-state index is 10.2. The summed E-state index contributed by atoms with van der Waals surface area (Å²) in [5.74, 6) is 2.77. The van der Waals surface area contributed by atoms with Crippen molar-refractivity contribution < 1.29 is 8.83 Å². The molecule has 2 aromatic heterocycles. The summed E-state index contributed by atoms with van der Waals surface area (Å²) < 4.78 is 13.1. The van der Waals surface area contributed by atoms with E-state index in [-0.39, 0.29) is 0 Å². The van der Waals surface area contributed by atoms with E-state index in [2.05, 4.69) is 104 Å². The Balaban J connectivity index is 1.21. The first-order chi connectivity index (χ1) is 22.3. The number of rotatable bonds is 2. The summed E-state index contributed by atoms with van der Waals surface area (Å²) in [6.45, 7) is 13.8. The second-order valence-corrected chi connectivity index (χ2v) is 14.8. The molecule has 0 saturated carbocycles. The van der Waals surface area contributed by atoms with Crippen molar-refractivity contribution in [1.29, 1.82) is 5.26 Å². The van der Waals surface area contributed by atoms with E-state index in [1.165, 1.54) is 40.4 Å². The normalized spacial score (nSPS) is 22.6. The number of hydrogen-bond donors (Lipinski definition) is 0. The van der Waals surface area contributed by atoms with Crippen LogP contribution in [0, 0.1) is 35.0 Å². The van der Waals surface area contributed by atoms with Crippen LogP contribution in [0.3, 0.4) is 0 Å². The molecule has 230 valence electrons. The molecule has 4 atom stereocenters. The molecular formula is C41H39N3O2. The number of nitriles is 1. The third kappa shape index (κ3) is 4.34. The van der Waals surface area contributed by atoms with Gasteiger partial charge in [-0.05, 0) is 107 Å². The van der Waals surface area contributed by atoms with Gasteiger partial charge in [0, 0.05) is 65.2 Å². The lowest BCUT2D eigenvalue weighted by molar-refractivity contribution is 0.357. The number of furan rings is 2. The molecule has 4 heterocycles. The summed E-state index contributed by atoms with van der Waals surface area (Å²) in [7, 11) is 0. The molecule has 46 heavy (non-hydrogen) atoms. The molecule has 2 aliphatic heterocycles. The molecule has 0 bridgehead atoms. The molecule has 0 amide bonds. The van der Waals surface area contributed by atoms with Gasteiger partial charge in [-0.15, -0.1) is 0 Å². The topological polar surface area (TPSA) is 56.6 Å². The molecule has 2 saturated heterocycles. The first-order valence-corrected chi connectivity index (χ1v) is 16.9.